The van der Waals surface area contributed by atoms with Crippen LogP contribution in [-0.4, -0.2) is 244 Å². The van der Waals surface area contributed by atoms with Crippen molar-refractivity contribution in [3.63, 3.8) is 0 Å². The Labute approximate surface area is 453 Å². The number of ether oxygens (including phenoxy) is 8. The average molecular weight is 1120 g/mol. The van der Waals surface area contributed by atoms with Gasteiger partial charge in [0.2, 0.25) is 6.29 Å². The molecule has 4 saturated heterocycles. The number of hydrogen-bond acceptors (Lipinski definition) is 24. The second-order valence-corrected chi connectivity index (χ2v) is 25.6. The maximum Gasteiger partial charge on any atom is 0.335 e. The third kappa shape index (κ3) is 9.86. The van der Waals surface area contributed by atoms with Crippen molar-refractivity contribution in [2.75, 3.05) is 26.4 Å². The molecule has 4 aliphatic heterocycles. The highest BCUT2D eigenvalue weighted by Gasteiger charge is 2.82. The highest BCUT2D eigenvalue weighted by atomic mass is 16.8. The summed E-state index contributed by atoms with van der Waals surface area (Å²) in [5.74, 6) is -0.134. The zero-order valence-electron chi connectivity index (χ0n) is 45.4. The van der Waals surface area contributed by atoms with Gasteiger partial charge in [0.1, 0.15) is 97.7 Å². The van der Waals surface area contributed by atoms with Gasteiger partial charge in [0.05, 0.1) is 38.6 Å². The lowest BCUT2D eigenvalue weighted by Gasteiger charge is -2.63. The molecule has 0 bridgehead atoms. The molecule has 9 aliphatic rings. The zero-order chi connectivity index (χ0) is 56.9. The molecule has 2 spiro atoms. The van der Waals surface area contributed by atoms with Crippen molar-refractivity contribution in [1.82, 2.24) is 0 Å². The lowest BCUT2D eigenvalue weighted by atomic mass is 9.41. The quantitative estimate of drug-likeness (QED) is 0.0414. The van der Waals surface area contributed by atoms with E-state index in [9.17, 15) is 81.4 Å². The van der Waals surface area contributed by atoms with Crippen LogP contribution >= 0.6 is 0 Å². The van der Waals surface area contributed by atoms with Crippen molar-refractivity contribution in [2.24, 2.45) is 50.7 Å². The second kappa shape index (κ2) is 22.7. The number of hydrogen-bond donors (Lipinski definition) is 15. The molecule has 9 rings (SSSR count). The van der Waals surface area contributed by atoms with Crippen molar-refractivity contribution in [3.8, 4) is 0 Å². The molecule has 0 aromatic carbocycles. The van der Waals surface area contributed by atoms with E-state index in [0.29, 0.717) is 12.3 Å². The molecule has 0 unspecified atom stereocenters. The summed E-state index contributed by atoms with van der Waals surface area (Å²) < 4.78 is 47.3. The Morgan fingerprint density at radius 1 is 0.538 bits per heavy atom. The van der Waals surface area contributed by atoms with Gasteiger partial charge in [0, 0.05) is 5.57 Å². The number of carbonyl (C=O) groups is 1. The molecular weight excluding hydrogens is 1030 g/mol. The van der Waals surface area contributed by atoms with E-state index in [2.05, 4.69) is 34.6 Å². The van der Waals surface area contributed by atoms with Crippen LogP contribution in [-0.2, 0) is 42.7 Å². The van der Waals surface area contributed by atoms with Gasteiger partial charge in [-0.3, -0.25) is 0 Å². The lowest BCUT2D eigenvalue weighted by molar-refractivity contribution is -0.398. The SMILES string of the molecule is C/C(=C\C[C@H](O)[C@@H](C)[C@H]1CC[C@@]2(C)[C@@H]3CC[C@H]4C(C)(C)[C@@H](O[C@@H]5O[C@H](CO)[C@@H](O)[C@H](O)[C@H]5O[C@@H]5O[C@H](CO)[C@@H](O)[C@H](O)[C@H]5O[C@@H]5O[C@H](CO)[C@@H](O)[C@H](O)[C@H]5O)CC[C@@]45C[C@@]35CC[C@]12C)C(=O)O[C@@H]1O[C@H](CO)[C@@H](O)[C@H](O)[C@H]1O. The Balaban J connectivity index is 0.875. The van der Waals surface area contributed by atoms with Crippen LogP contribution < -0.4 is 0 Å². The molecule has 0 radical (unpaired) electrons. The van der Waals surface area contributed by atoms with Crippen LogP contribution in [0.1, 0.15) is 106 Å². The van der Waals surface area contributed by atoms with Gasteiger partial charge < -0.3 is 114 Å². The highest BCUT2D eigenvalue weighted by molar-refractivity contribution is 5.87. The first kappa shape index (κ1) is 60.9. The van der Waals surface area contributed by atoms with Crippen LogP contribution in [0.15, 0.2) is 11.6 Å². The van der Waals surface area contributed by atoms with Gasteiger partial charge in [-0.15, -0.1) is 0 Å². The molecule has 0 aromatic heterocycles. The Bertz CT molecular complexity index is 2120. The van der Waals surface area contributed by atoms with E-state index in [1.54, 1.807) is 6.08 Å². The normalized spacial score (nSPS) is 52.8. The summed E-state index contributed by atoms with van der Waals surface area (Å²) >= 11 is 0. The van der Waals surface area contributed by atoms with Gasteiger partial charge in [0.25, 0.3) is 0 Å². The van der Waals surface area contributed by atoms with Gasteiger partial charge in [-0.2, -0.15) is 0 Å². The molecule has 4 heterocycles. The summed E-state index contributed by atoms with van der Waals surface area (Å²) in [4.78, 5) is 13.1. The Kier molecular flexibility index (Phi) is 17.7. The molecule has 24 nitrogen and oxygen atoms in total. The minimum atomic E-state index is -1.93. The molecule has 15 N–H and O–H groups in total. The fourth-order valence-electron chi connectivity index (χ4n) is 17.0. The molecule has 5 saturated carbocycles. The third-order valence-corrected chi connectivity index (χ3v) is 21.8. The predicted molar refractivity (Wildman–Crippen MR) is 264 cm³/mol. The summed E-state index contributed by atoms with van der Waals surface area (Å²) in [7, 11) is 0. The predicted octanol–water partition coefficient (Wildman–Crippen LogP) is -3.06. The Morgan fingerprint density at radius 2 is 1.00 bits per heavy atom. The minimum absolute atomic E-state index is 0.0211. The van der Waals surface area contributed by atoms with Crippen LogP contribution in [0.25, 0.3) is 0 Å². The Morgan fingerprint density at radius 3 is 1.55 bits per heavy atom. The first-order chi connectivity index (χ1) is 36.7. The van der Waals surface area contributed by atoms with E-state index in [4.69, 9.17) is 37.9 Å². The van der Waals surface area contributed by atoms with Crippen LogP contribution in [0.3, 0.4) is 0 Å². The number of esters is 1. The highest BCUT2D eigenvalue weighted by Crippen LogP contribution is 2.89. The van der Waals surface area contributed by atoms with Crippen molar-refractivity contribution in [2.45, 2.75) is 241 Å². The number of fused-ring (bicyclic) bond motifs is 2. The molecule has 78 heavy (non-hydrogen) atoms. The standard InChI is InChI=1S/C54H88O24/c1-22(45(70)78-47-42(69)38(65)34(61)27(18-56)72-47)7-8-25(59)23(2)24-11-13-52(6)31-10-9-30-50(3,4)32(12-14-53(30)21-54(31,53)16-15-51(24,52)5)75-48-43(39(66)35(62)28(19-57)73-48)77-49-44(40(67)36(63)29(20-58)74-49)76-46-41(68)37(64)33(60)26(17-55)71-46/h7,23-44,46-49,55-69H,8-21H2,1-6H3/b22-7+/t23-,24+,25-,26+,27+,28+,29+,30-,31-,32-,33+,34+,35+,36+,37-,38-,39-,40-,41+,42+,43+,44+,46-,47-,48-,49-,51+,52-,53+,54-/m0/s1. The summed E-state index contributed by atoms with van der Waals surface area (Å²) in [5.41, 5.74) is -0.341. The minimum Gasteiger partial charge on any atom is -0.429 e. The third-order valence-electron chi connectivity index (χ3n) is 21.8. The first-order valence-electron chi connectivity index (χ1n) is 28.1. The van der Waals surface area contributed by atoms with Crippen LogP contribution in [0.4, 0.5) is 0 Å². The van der Waals surface area contributed by atoms with Crippen molar-refractivity contribution >= 4 is 5.97 Å². The molecular formula is C54H88O24. The summed E-state index contributed by atoms with van der Waals surface area (Å²) in [6.07, 6.45) is -24.5. The van der Waals surface area contributed by atoms with E-state index in [1.807, 2.05) is 0 Å². The topological polar surface area (TPSA) is 394 Å². The summed E-state index contributed by atoms with van der Waals surface area (Å²) in [5, 5.41) is 159. The number of aliphatic hydroxyl groups excluding tert-OH is 15. The molecule has 0 amide bonds. The van der Waals surface area contributed by atoms with Gasteiger partial charge in [-0.1, -0.05) is 40.7 Å². The number of carbonyl (C=O) groups excluding carboxylic acids is 1. The lowest BCUT2D eigenvalue weighted by Crippen LogP contribution is -2.67. The van der Waals surface area contributed by atoms with E-state index in [0.717, 1.165) is 51.4 Å². The van der Waals surface area contributed by atoms with Crippen molar-refractivity contribution in [3.05, 3.63) is 11.6 Å². The van der Waals surface area contributed by atoms with E-state index >= 15 is 0 Å². The number of aliphatic hydroxyl groups is 15. The fraction of sp³-hybridized carbons (Fsp3) is 0.944. The molecule has 24 heteroatoms. The fourth-order valence-corrected chi connectivity index (χ4v) is 17.0. The van der Waals surface area contributed by atoms with Gasteiger partial charge in [-0.05, 0) is 122 Å². The van der Waals surface area contributed by atoms with Gasteiger partial charge in [0.15, 0.2) is 18.9 Å². The zero-order valence-corrected chi connectivity index (χ0v) is 45.4. The van der Waals surface area contributed by atoms with E-state index in [-0.39, 0.29) is 51.4 Å². The summed E-state index contributed by atoms with van der Waals surface area (Å²) in [6.45, 7) is 9.84. The van der Waals surface area contributed by atoms with E-state index in [1.165, 1.54) is 6.92 Å². The van der Waals surface area contributed by atoms with Gasteiger partial charge >= 0.3 is 5.97 Å². The monoisotopic (exact) mass is 1120 g/mol. The number of rotatable bonds is 16. The average Bonchev–Trinajstić information content (AvgIpc) is 2.05. The van der Waals surface area contributed by atoms with Crippen LogP contribution in [0.2, 0.25) is 0 Å². The van der Waals surface area contributed by atoms with E-state index < -0.39 is 173 Å². The smallest absolute Gasteiger partial charge is 0.335 e. The Hall–Kier alpha value is -1.67. The summed E-state index contributed by atoms with van der Waals surface area (Å²) in [6, 6.07) is 0. The van der Waals surface area contributed by atoms with Crippen LogP contribution in [0.5, 0.6) is 0 Å². The molecule has 5 aliphatic carbocycles. The molecule has 0 aromatic rings. The second-order valence-electron chi connectivity index (χ2n) is 25.6. The van der Waals surface area contributed by atoms with Crippen LogP contribution in [0, 0.1) is 50.7 Å². The van der Waals surface area contributed by atoms with Gasteiger partial charge in [-0.25, -0.2) is 4.79 Å². The maximum atomic E-state index is 13.1. The molecule has 9 fully saturated rings. The molecule has 30 atom stereocenters. The largest absolute Gasteiger partial charge is 0.429 e. The first-order valence-corrected chi connectivity index (χ1v) is 28.1. The van der Waals surface area contributed by atoms with Crippen molar-refractivity contribution < 1.29 is 119 Å². The maximum absolute atomic E-state index is 13.1. The van der Waals surface area contributed by atoms with Crippen molar-refractivity contribution in [1.29, 1.82) is 0 Å². The molecule has 448 valence electrons.